The van der Waals surface area contributed by atoms with Gasteiger partial charge < -0.3 is 48.2 Å². The molecular weight excluding hydrogens is 1920 g/mol. The summed E-state index contributed by atoms with van der Waals surface area (Å²) in [6.45, 7) is 30.1. The Kier molecular flexibility index (Phi) is 30.1. The summed E-state index contributed by atoms with van der Waals surface area (Å²) in [5.41, 5.74) is 8.00. The van der Waals surface area contributed by atoms with Crippen molar-refractivity contribution in [1.29, 1.82) is 0 Å². The molecule has 5 aliphatic heterocycles. The SMILES string of the molecule is Cc1ccc(-c2nc(N=[S@@](C)(=O)C3CC3)cc(N3CCOC[C@H]3C)n2)cn1.Cc1ccc(-c2nc(N=[S@](C)(=O)C3CC3)cc(N3CCOC[C@H]3C)n2)cn1.Cc1nc2cccc(F)c2n1-c1nc(N=S(C)(C)=O)cc(N2CCOC[C@H]2C)n1.Cc1nc2ccccc2n1-c1nc(N=S(C)(=O)C2CC2)cc(N2CCOC[C@H]2C)n1.Cc1nc2ccccc2n1-c1nc(N=[S@@](C)(=O)C2CC2)cc(N2CCOC[C@H]2C)n1. The number of morpholine rings is 5. The first-order chi connectivity index (χ1) is 68.4. The van der Waals surface area contributed by atoms with Crippen LogP contribution in [-0.4, -0.2) is 297 Å². The molecule has 1 unspecified atom stereocenters. The molecule has 0 amide bonds. The Hall–Kier alpha value is -11.8. The summed E-state index contributed by atoms with van der Waals surface area (Å²) in [5, 5.41) is 0.695. The van der Waals surface area contributed by atoms with Crippen molar-refractivity contribution in [2.75, 3.05) is 161 Å². The molecule has 9 fully saturated rings. The van der Waals surface area contributed by atoms with Crippen LogP contribution in [-0.2, 0) is 72.3 Å². The minimum absolute atomic E-state index is 0.101. The van der Waals surface area contributed by atoms with Gasteiger partial charge in [0.2, 0.25) is 17.8 Å². The monoisotopic (exact) mass is 2040 g/mol. The van der Waals surface area contributed by atoms with Crippen LogP contribution in [0.5, 0.6) is 0 Å². The number of para-hydroxylation sites is 5. The van der Waals surface area contributed by atoms with Gasteiger partial charge in [0, 0.05) is 166 Å². The van der Waals surface area contributed by atoms with Gasteiger partial charge in [-0.2, -0.15) is 51.7 Å². The van der Waals surface area contributed by atoms with Crippen LogP contribution >= 0.6 is 0 Å². The van der Waals surface area contributed by atoms with Crippen LogP contribution < -0.4 is 24.5 Å². The molecule has 22 rings (SSSR count). The van der Waals surface area contributed by atoms with Crippen molar-refractivity contribution in [1.82, 2.24) is 88.5 Å². The zero-order chi connectivity index (χ0) is 101. The van der Waals surface area contributed by atoms with Crippen LogP contribution in [0.4, 0.5) is 62.6 Å². The number of anilines is 5. The molecule has 38 nitrogen and oxygen atoms in total. The van der Waals surface area contributed by atoms with Gasteiger partial charge in [0.05, 0.1) is 163 Å². The minimum Gasteiger partial charge on any atom is -0.377 e. The predicted molar refractivity (Wildman–Crippen MR) is 561 cm³/mol. The third-order valence-electron chi connectivity index (χ3n) is 25.9. The number of benzene rings is 3. The maximum absolute atomic E-state index is 14.6. The lowest BCUT2D eigenvalue weighted by Gasteiger charge is -2.34. The quantitative estimate of drug-likeness (QED) is 0.0725. The van der Waals surface area contributed by atoms with E-state index in [4.69, 9.17) is 58.6 Å². The van der Waals surface area contributed by atoms with Crippen LogP contribution in [0.15, 0.2) is 156 Å². The second-order valence-electron chi connectivity index (χ2n) is 38.4. The molecule has 3 aromatic carbocycles. The van der Waals surface area contributed by atoms with Crippen molar-refractivity contribution in [3.05, 3.63) is 168 Å². The molecule has 4 saturated carbocycles. The van der Waals surface area contributed by atoms with Gasteiger partial charge >= 0.3 is 0 Å². The highest BCUT2D eigenvalue weighted by Crippen LogP contribution is 2.40. The smallest absolute Gasteiger partial charge is 0.239 e. The van der Waals surface area contributed by atoms with E-state index in [1.54, 1.807) is 79.6 Å². The van der Waals surface area contributed by atoms with Crippen LogP contribution in [0.3, 0.4) is 0 Å². The summed E-state index contributed by atoms with van der Waals surface area (Å²) in [7, 11) is -11.6. The third kappa shape index (κ3) is 24.4. The predicted octanol–water partition coefficient (Wildman–Crippen LogP) is 15.3. The zero-order valence-corrected chi connectivity index (χ0v) is 87.8. The first-order valence-electron chi connectivity index (χ1n) is 48.5. The summed E-state index contributed by atoms with van der Waals surface area (Å²) in [5.74, 6) is 10.0. The number of hydrogen-bond acceptors (Lipinski definition) is 35. The molecule has 0 N–H and O–H groups in total. The van der Waals surface area contributed by atoms with Gasteiger partial charge in [-0.1, -0.05) is 30.3 Å². The molecule has 0 radical (unpaired) electrons. The summed E-state index contributed by atoms with van der Waals surface area (Å²) >= 11 is 0. The molecule has 143 heavy (non-hydrogen) atoms. The molecule has 5 saturated heterocycles. The Balaban J connectivity index is 0.000000118. The van der Waals surface area contributed by atoms with E-state index in [0.29, 0.717) is 142 Å². The second kappa shape index (κ2) is 42.5. The maximum atomic E-state index is 14.6. The van der Waals surface area contributed by atoms with Crippen molar-refractivity contribution in [3.63, 3.8) is 0 Å². The molecule has 13 aromatic rings. The molecule has 4 aliphatic carbocycles. The Morgan fingerprint density at radius 1 is 0.322 bits per heavy atom. The molecule has 9 aliphatic rings. The highest BCUT2D eigenvalue weighted by Gasteiger charge is 2.37. The molecule has 758 valence electrons. The lowest BCUT2D eigenvalue weighted by molar-refractivity contribution is 0.0985. The summed E-state index contributed by atoms with van der Waals surface area (Å²) in [6.07, 6.45) is 21.4. The molecule has 9 atom stereocenters. The molecule has 10 aromatic heterocycles. The van der Waals surface area contributed by atoms with Gasteiger partial charge in [-0.3, -0.25) is 23.7 Å². The van der Waals surface area contributed by atoms with Crippen LogP contribution in [0, 0.1) is 40.4 Å². The number of hydrogen-bond donors (Lipinski definition) is 0. The van der Waals surface area contributed by atoms with Gasteiger partial charge in [-0.25, -0.2) is 60.3 Å². The normalized spacial score (nSPS) is 21.1. The molecule has 0 spiro atoms. The number of fused-ring (bicyclic) bond motifs is 3. The molecular formula is C99H125FN28O10S5. The van der Waals surface area contributed by atoms with Crippen molar-refractivity contribution in [2.24, 2.45) is 21.8 Å². The summed E-state index contributed by atoms with van der Waals surface area (Å²) < 4.78 is 135. The van der Waals surface area contributed by atoms with E-state index in [0.717, 1.165) is 157 Å². The van der Waals surface area contributed by atoms with Gasteiger partial charge in [-0.15, -0.1) is 0 Å². The highest BCUT2D eigenvalue weighted by atomic mass is 32.2. The Morgan fingerprint density at radius 3 is 0.916 bits per heavy atom. The van der Waals surface area contributed by atoms with E-state index in [9.17, 15) is 25.4 Å². The summed E-state index contributed by atoms with van der Waals surface area (Å²) in [4.78, 5) is 80.4. The van der Waals surface area contributed by atoms with E-state index in [-0.39, 0.29) is 63.0 Å². The van der Waals surface area contributed by atoms with Crippen LogP contribution in [0.2, 0.25) is 0 Å². The molecule has 15 heterocycles. The fraction of sp³-hybridized carbons (Fsp3) is 0.485. The Bertz CT molecular complexity index is 7240. The van der Waals surface area contributed by atoms with Crippen molar-refractivity contribution in [3.8, 4) is 40.6 Å². The number of aromatic nitrogens is 18. The number of halogens is 1. The number of imidazole rings is 3. The average molecular weight is 2050 g/mol. The number of rotatable bonds is 19. The van der Waals surface area contributed by atoms with Crippen molar-refractivity contribution >= 4 is 140 Å². The zero-order valence-electron chi connectivity index (χ0n) is 83.7. The molecule has 0 bridgehead atoms. The fourth-order valence-electron chi connectivity index (χ4n) is 17.7. The van der Waals surface area contributed by atoms with E-state index in [2.05, 4.69) is 114 Å². The Morgan fingerprint density at radius 2 is 0.608 bits per heavy atom. The van der Waals surface area contributed by atoms with Crippen molar-refractivity contribution < 1.29 is 49.1 Å². The number of aryl methyl sites for hydroxylation is 5. The second-order valence-corrected chi connectivity index (χ2v) is 51.2. The lowest BCUT2D eigenvalue weighted by atomic mass is 10.2. The van der Waals surface area contributed by atoms with E-state index >= 15 is 0 Å². The standard InChI is InChI=1S/2C21H26N6O2S.C19H23FN6O2S.2C19H25N5O2S/c2*1-14-13-29-11-10-26(14)20-12-19(25-30(3,28)16-8-9-16)23-21(24-20)27-15(2)22-17-6-4-5-7-18(17)27;1-12-11-28-9-8-25(12)17-10-16(24-29(3,4)27)22-19(23-17)26-13(2)21-15-7-5-6-14(20)18(15)26;2*1-13-4-5-15(11-20-13)19-21-17(23-27(3,25)16-6-7-16)10-18(22-19)24-8-9-26-12-14(24)2/h2*4-7,12,14,16H,8-11,13H2,1-3H3;5-7,10,12H,8-9,11H2,1-4H3;2*4-5,10-11,14,16H,6-9,12H2,1-3H3/t14-,30?;14-,30+;12-;14-,27+;14-,27-/m11111/s1. The highest BCUT2D eigenvalue weighted by molar-refractivity contribution is 7.94. The van der Waals surface area contributed by atoms with Crippen LogP contribution in [0.25, 0.3) is 73.7 Å². The van der Waals surface area contributed by atoms with Crippen molar-refractivity contribution in [2.45, 2.75) is 172 Å². The number of pyridine rings is 2. The third-order valence-corrected chi connectivity index (χ3v) is 35.6. The molecule has 44 heteroatoms. The van der Waals surface area contributed by atoms with Gasteiger partial charge in [-0.05, 0) is 181 Å². The fourth-order valence-corrected chi connectivity index (χ4v) is 24.7. The van der Waals surface area contributed by atoms with E-state index in [1.165, 1.54) is 6.07 Å². The lowest BCUT2D eigenvalue weighted by Crippen LogP contribution is -2.44. The first-order valence-corrected chi connectivity index (χ1v) is 58.8. The van der Waals surface area contributed by atoms with E-state index < -0.39 is 54.5 Å². The summed E-state index contributed by atoms with van der Waals surface area (Å²) in [6, 6.07) is 38.4. The largest absolute Gasteiger partial charge is 0.377 e. The minimum atomic E-state index is -2.44. The topological polar surface area (TPSA) is 418 Å². The van der Waals surface area contributed by atoms with Gasteiger partial charge in [0.1, 0.15) is 57.9 Å². The van der Waals surface area contributed by atoms with Crippen LogP contribution in [0.1, 0.15) is 115 Å². The van der Waals surface area contributed by atoms with E-state index in [1.807, 2.05) is 141 Å². The number of nitrogens with zero attached hydrogens (tertiary/aromatic N) is 28. The average Bonchev–Trinajstić information content (AvgIpc) is 1.64. The van der Waals surface area contributed by atoms with Gasteiger partial charge in [0.15, 0.2) is 40.7 Å². The Labute approximate surface area is 835 Å². The van der Waals surface area contributed by atoms with Gasteiger partial charge in [0.25, 0.3) is 0 Å². The number of ether oxygens (including phenoxy) is 5. The first kappa shape index (κ1) is 101. The maximum Gasteiger partial charge on any atom is 0.239 e.